The van der Waals surface area contributed by atoms with Crippen molar-refractivity contribution in [1.29, 1.82) is 0 Å². The summed E-state index contributed by atoms with van der Waals surface area (Å²) in [5, 5.41) is 1.86. The van der Waals surface area contributed by atoms with Crippen molar-refractivity contribution < 1.29 is 13.9 Å². The van der Waals surface area contributed by atoms with Gasteiger partial charge < -0.3 is 14.6 Å². The largest absolute Gasteiger partial charge is 0.496 e. The van der Waals surface area contributed by atoms with E-state index in [1.54, 1.807) is 30.3 Å². The third-order valence-electron chi connectivity index (χ3n) is 4.86. The highest BCUT2D eigenvalue weighted by molar-refractivity contribution is 5.84. The fourth-order valence-corrected chi connectivity index (χ4v) is 3.51. The zero-order valence-electron chi connectivity index (χ0n) is 14.4. The fraction of sp³-hybridized carbons (Fsp3) is 0.250. The maximum atomic E-state index is 13.1. The van der Waals surface area contributed by atoms with Crippen LogP contribution in [0.25, 0.3) is 0 Å². The van der Waals surface area contributed by atoms with Gasteiger partial charge in [0.1, 0.15) is 17.6 Å². The fourth-order valence-electron chi connectivity index (χ4n) is 3.51. The molecule has 134 valence electrons. The van der Waals surface area contributed by atoms with Gasteiger partial charge in [-0.15, -0.1) is 0 Å². The van der Waals surface area contributed by atoms with Gasteiger partial charge in [0.25, 0.3) is 5.91 Å². The molecule has 5 nitrogen and oxygen atoms in total. The van der Waals surface area contributed by atoms with Crippen molar-refractivity contribution in [3.8, 4) is 5.75 Å². The van der Waals surface area contributed by atoms with Crippen LogP contribution in [0.4, 0.5) is 4.39 Å². The summed E-state index contributed by atoms with van der Waals surface area (Å²) in [5.74, 6) is 0.561. The Morgan fingerprint density at radius 2 is 1.92 bits per heavy atom. The Hall–Kier alpha value is -2.86. The third-order valence-corrected chi connectivity index (χ3v) is 4.86. The van der Waals surface area contributed by atoms with Crippen molar-refractivity contribution in [1.82, 2.24) is 15.3 Å². The quantitative estimate of drug-likeness (QED) is 0.918. The molecule has 0 aliphatic carbocycles. The number of halogens is 1. The summed E-state index contributed by atoms with van der Waals surface area (Å²) in [4.78, 5) is 14.6. The van der Waals surface area contributed by atoms with Crippen molar-refractivity contribution in [2.45, 2.75) is 25.0 Å². The first-order valence-electron chi connectivity index (χ1n) is 8.56. The second-order valence-electron chi connectivity index (χ2n) is 6.47. The monoisotopic (exact) mass is 353 g/mol. The summed E-state index contributed by atoms with van der Waals surface area (Å²) in [5.41, 5.74) is 5.31. The average Bonchev–Trinajstić information content (AvgIpc) is 3.11. The van der Waals surface area contributed by atoms with E-state index < -0.39 is 0 Å². The van der Waals surface area contributed by atoms with Crippen LogP contribution in [0.1, 0.15) is 23.6 Å². The Morgan fingerprint density at radius 1 is 1.15 bits per heavy atom. The molecule has 6 heteroatoms. The van der Waals surface area contributed by atoms with Gasteiger partial charge in [-0.1, -0.05) is 30.3 Å². The minimum atomic E-state index is -0.278. The molecule has 0 spiro atoms. The molecule has 2 unspecified atom stereocenters. The lowest BCUT2D eigenvalue weighted by molar-refractivity contribution is -0.134. The number of rotatable bonds is 4. The molecule has 0 radical (unpaired) electrons. The van der Waals surface area contributed by atoms with Crippen LogP contribution in [0, 0.1) is 5.82 Å². The Morgan fingerprint density at radius 3 is 2.69 bits per heavy atom. The molecule has 2 heterocycles. The van der Waals surface area contributed by atoms with E-state index in [1.165, 1.54) is 12.1 Å². The summed E-state index contributed by atoms with van der Waals surface area (Å²) < 4.78 is 18.5. The maximum Gasteiger partial charge on any atom is 0.251 e. The van der Waals surface area contributed by atoms with E-state index >= 15 is 0 Å². The van der Waals surface area contributed by atoms with E-state index in [9.17, 15) is 9.18 Å². The van der Waals surface area contributed by atoms with E-state index in [2.05, 4.69) is 5.43 Å². The molecule has 1 saturated heterocycles. The topological polar surface area (TPSA) is 44.8 Å². The molecule has 0 bridgehead atoms. The van der Waals surface area contributed by atoms with Crippen molar-refractivity contribution in [2.24, 2.45) is 0 Å². The molecule has 2 aliphatic heterocycles. The minimum absolute atomic E-state index is 0.00974. The highest BCUT2D eigenvalue weighted by Gasteiger charge is 2.40. The van der Waals surface area contributed by atoms with Crippen molar-refractivity contribution in [3.63, 3.8) is 0 Å². The normalized spacial score (nSPS) is 21.8. The van der Waals surface area contributed by atoms with Crippen LogP contribution >= 0.6 is 0 Å². The maximum absolute atomic E-state index is 13.1. The van der Waals surface area contributed by atoms with Crippen LogP contribution in [0.3, 0.4) is 0 Å². The Labute approximate surface area is 151 Å². The first-order valence-corrected chi connectivity index (χ1v) is 8.56. The molecule has 1 N–H and O–H groups in total. The van der Waals surface area contributed by atoms with Gasteiger partial charge >= 0.3 is 0 Å². The van der Waals surface area contributed by atoms with E-state index in [-0.39, 0.29) is 23.8 Å². The SMILES string of the molecule is COc1ccccc1C1CC2C(=O)N(Cc3ccc(F)cc3)C=CN2N1. The molecule has 26 heavy (non-hydrogen) atoms. The van der Waals surface area contributed by atoms with Gasteiger partial charge in [-0.2, -0.15) is 0 Å². The van der Waals surface area contributed by atoms with Crippen LogP contribution in [0.5, 0.6) is 5.75 Å². The predicted molar refractivity (Wildman–Crippen MR) is 95.2 cm³/mol. The number of amides is 1. The summed E-state index contributed by atoms with van der Waals surface area (Å²) in [7, 11) is 1.65. The van der Waals surface area contributed by atoms with E-state index in [1.807, 2.05) is 35.5 Å². The van der Waals surface area contributed by atoms with E-state index in [0.717, 1.165) is 16.9 Å². The summed E-state index contributed by atoms with van der Waals surface area (Å²) in [6, 6.07) is 13.8. The lowest BCUT2D eigenvalue weighted by atomic mass is 10.00. The number of ether oxygens (including phenoxy) is 1. The summed E-state index contributed by atoms with van der Waals surface area (Å²) >= 11 is 0. The van der Waals surface area contributed by atoms with Gasteiger partial charge in [0.05, 0.1) is 19.7 Å². The van der Waals surface area contributed by atoms with Crippen LogP contribution in [-0.2, 0) is 11.3 Å². The van der Waals surface area contributed by atoms with Gasteiger partial charge in [0.2, 0.25) is 0 Å². The summed E-state index contributed by atoms with van der Waals surface area (Å²) in [6.07, 6.45) is 4.30. The molecular formula is C20H20FN3O2. The molecule has 0 aromatic heterocycles. The number of carbonyl (C=O) groups is 1. The zero-order valence-corrected chi connectivity index (χ0v) is 14.4. The van der Waals surface area contributed by atoms with Gasteiger partial charge in [0.15, 0.2) is 0 Å². The highest BCUT2D eigenvalue weighted by atomic mass is 19.1. The molecule has 0 saturated carbocycles. The predicted octanol–water partition coefficient (Wildman–Crippen LogP) is 2.97. The third kappa shape index (κ3) is 3.04. The van der Waals surface area contributed by atoms with Crippen LogP contribution in [0.2, 0.25) is 0 Å². The van der Waals surface area contributed by atoms with Crippen LogP contribution < -0.4 is 10.2 Å². The standard InChI is InChI=1S/C20H20FN3O2/c1-26-19-5-3-2-4-16(19)17-12-18-20(25)23(10-11-24(18)22-17)13-14-6-8-15(21)9-7-14/h2-11,17-18,22H,12-13H2,1H3. The van der Waals surface area contributed by atoms with Gasteiger partial charge in [-0.05, 0) is 30.2 Å². The second-order valence-corrected chi connectivity index (χ2v) is 6.47. The number of nitrogens with zero attached hydrogens (tertiary/aromatic N) is 2. The molecular weight excluding hydrogens is 333 g/mol. The van der Waals surface area contributed by atoms with Crippen molar-refractivity contribution >= 4 is 5.91 Å². The van der Waals surface area contributed by atoms with Crippen LogP contribution in [0.15, 0.2) is 60.9 Å². The lowest BCUT2D eigenvalue weighted by Crippen LogP contribution is -2.47. The smallest absolute Gasteiger partial charge is 0.251 e. The molecule has 2 aromatic rings. The summed E-state index contributed by atoms with van der Waals surface area (Å²) in [6.45, 7) is 0.430. The number of carbonyl (C=O) groups excluding carboxylic acids is 1. The lowest BCUT2D eigenvalue weighted by Gasteiger charge is -2.31. The number of benzene rings is 2. The molecule has 1 amide bonds. The molecule has 2 aliphatic rings. The number of methoxy groups -OCH3 is 1. The number of hydrazine groups is 1. The number of hydrogen-bond acceptors (Lipinski definition) is 4. The number of para-hydroxylation sites is 1. The van der Waals surface area contributed by atoms with Crippen molar-refractivity contribution in [2.75, 3.05) is 7.11 Å². The molecule has 1 fully saturated rings. The van der Waals surface area contributed by atoms with Crippen molar-refractivity contribution in [3.05, 3.63) is 77.9 Å². The van der Waals surface area contributed by atoms with Gasteiger partial charge in [-0.25, -0.2) is 9.82 Å². The van der Waals surface area contributed by atoms with E-state index in [4.69, 9.17) is 4.74 Å². The zero-order chi connectivity index (χ0) is 18.1. The molecule has 2 atom stereocenters. The Bertz CT molecular complexity index is 837. The minimum Gasteiger partial charge on any atom is -0.496 e. The Balaban J connectivity index is 1.50. The number of fused-ring (bicyclic) bond motifs is 1. The molecule has 4 rings (SSSR count). The Kier molecular flexibility index (Phi) is 4.34. The van der Waals surface area contributed by atoms with Crippen LogP contribution in [-0.4, -0.2) is 29.0 Å². The van der Waals surface area contributed by atoms with E-state index in [0.29, 0.717) is 13.0 Å². The molecule has 2 aromatic carbocycles. The first-order chi connectivity index (χ1) is 12.7. The average molecular weight is 353 g/mol. The first kappa shape index (κ1) is 16.6. The number of nitrogens with one attached hydrogen (secondary N) is 1. The van der Waals surface area contributed by atoms with Gasteiger partial charge in [-0.3, -0.25) is 4.79 Å². The van der Waals surface area contributed by atoms with Gasteiger partial charge in [0, 0.05) is 18.0 Å². The number of hydrogen-bond donors (Lipinski definition) is 1. The highest BCUT2D eigenvalue weighted by Crippen LogP contribution is 2.35. The second kappa shape index (κ2) is 6.80.